The molecule has 0 spiro atoms. The number of hydrogen-bond donors (Lipinski definition) is 0. The molecule has 2 atom stereocenters. The van der Waals surface area contributed by atoms with Crippen LogP contribution in [0, 0.1) is 0 Å². The number of rotatable bonds is 78. The molecule has 9 heteroatoms. The Hall–Kier alpha value is -5.09. The Balaban J connectivity index is 4.10. The Labute approximate surface area is 635 Å². The summed E-state index contributed by atoms with van der Waals surface area (Å²) in [4.78, 5) is 37.6. The van der Waals surface area contributed by atoms with Gasteiger partial charge in [-0.15, -0.1) is 0 Å². The molecule has 0 aliphatic carbocycles. The van der Waals surface area contributed by atoms with Crippen molar-refractivity contribution >= 4 is 17.9 Å². The molecule has 2 unspecified atom stereocenters. The van der Waals surface area contributed by atoms with Gasteiger partial charge in [0.15, 0.2) is 12.4 Å². The molecule has 588 valence electrons. The lowest BCUT2D eigenvalue weighted by atomic mass is 10.0. The number of carbonyl (C=O) groups is 3. The van der Waals surface area contributed by atoms with E-state index in [9.17, 15) is 19.5 Å². The molecule has 0 aromatic heterocycles. The van der Waals surface area contributed by atoms with Crippen molar-refractivity contribution in [1.82, 2.24) is 0 Å². The number of allylic oxidation sites excluding steroid dienone is 26. The lowest BCUT2D eigenvalue weighted by molar-refractivity contribution is -0.870. The standard InChI is InChI=1S/C94H159NO8/c1-6-8-10-12-14-16-18-20-22-24-26-28-30-32-34-36-38-40-42-44-45-46-47-49-51-53-55-57-59-61-63-65-67-69-71-73-75-77-79-81-83-85-92(97)103-90(89-102-94(93(98)99)100-87-86-95(3,4)5)88-101-91(96)84-82-80-78-76-74-72-70-68-66-64-62-60-58-56-54-52-50-48-43-41-39-37-35-33-31-29-27-25-23-21-19-17-15-13-11-9-7-2/h8,10,14,16,20,22,25-28,32,34,38,40,44-45,47,49,53,55,59,61,65,67,71,73,90,94H,6-7,9,11-13,15,17-19,21,23-24,29-31,33,35-37,39,41-43,46,48,50-52,54,56-58,60,62-64,66,68-70,72,74-89H2,1-5H3/b10-8-,16-14-,22-20-,27-25-,28-26-,34-32-,40-38-,45-44-,49-47-,55-53-,61-59-,67-65-,73-71-. The van der Waals surface area contributed by atoms with Crippen LogP contribution in [0.1, 0.15) is 361 Å². The number of ether oxygens (including phenoxy) is 4. The van der Waals surface area contributed by atoms with Crippen molar-refractivity contribution < 1.29 is 42.9 Å². The minimum Gasteiger partial charge on any atom is -0.545 e. The first kappa shape index (κ1) is 97.9. The molecule has 0 aliphatic heterocycles. The summed E-state index contributed by atoms with van der Waals surface area (Å²) in [6.45, 7) is 4.63. The van der Waals surface area contributed by atoms with Gasteiger partial charge in [0.2, 0.25) is 0 Å². The van der Waals surface area contributed by atoms with Gasteiger partial charge in [-0.05, 0) is 128 Å². The number of likely N-dealkylation sites (N-methyl/N-ethyl adjacent to an activating group) is 1. The first-order valence-corrected chi connectivity index (χ1v) is 42.6. The monoisotopic (exact) mass is 1430 g/mol. The van der Waals surface area contributed by atoms with Crippen molar-refractivity contribution in [1.29, 1.82) is 0 Å². The highest BCUT2D eigenvalue weighted by Gasteiger charge is 2.22. The van der Waals surface area contributed by atoms with E-state index in [0.29, 0.717) is 17.4 Å². The Kier molecular flexibility index (Phi) is 78.5. The van der Waals surface area contributed by atoms with Crippen LogP contribution >= 0.6 is 0 Å². The van der Waals surface area contributed by atoms with E-state index in [1.807, 2.05) is 21.1 Å². The Morgan fingerprint density at radius 1 is 0.301 bits per heavy atom. The second kappa shape index (κ2) is 82.6. The van der Waals surface area contributed by atoms with Gasteiger partial charge in [0.25, 0.3) is 0 Å². The Morgan fingerprint density at radius 3 is 0.835 bits per heavy atom. The van der Waals surface area contributed by atoms with Gasteiger partial charge in [-0.1, -0.05) is 377 Å². The molecule has 0 fully saturated rings. The van der Waals surface area contributed by atoms with E-state index in [-0.39, 0.29) is 38.6 Å². The van der Waals surface area contributed by atoms with Crippen LogP contribution in [-0.4, -0.2) is 82.3 Å². The van der Waals surface area contributed by atoms with Crippen LogP contribution in [0.2, 0.25) is 0 Å². The van der Waals surface area contributed by atoms with Gasteiger partial charge in [-0.25, -0.2) is 0 Å². The van der Waals surface area contributed by atoms with Crippen LogP contribution in [0.25, 0.3) is 0 Å². The zero-order valence-electron chi connectivity index (χ0n) is 67.4. The number of esters is 2. The number of hydrogen-bond acceptors (Lipinski definition) is 8. The van der Waals surface area contributed by atoms with Crippen molar-refractivity contribution in [3.05, 3.63) is 158 Å². The average Bonchev–Trinajstić information content (AvgIpc) is 1.01. The largest absolute Gasteiger partial charge is 0.545 e. The van der Waals surface area contributed by atoms with Crippen molar-refractivity contribution in [3.8, 4) is 0 Å². The zero-order valence-corrected chi connectivity index (χ0v) is 67.4. The summed E-state index contributed by atoms with van der Waals surface area (Å²) in [7, 11) is 5.92. The van der Waals surface area contributed by atoms with Gasteiger partial charge in [0.05, 0.1) is 40.3 Å². The number of unbranched alkanes of at least 4 members (excludes halogenated alkanes) is 37. The first-order valence-electron chi connectivity index (χ1n) is 42.6. The van der Waals surface area contributed by atoms with Gasteiger partial charge in [-0.2, -0.15) is 0 Å². The summed E-state index contributed by atoms with van der Waals surface area (Å²) in [5, 5.41) is 11.9. The molecule has 0 amide bonds. The van der Waals surface area contributed by atoms with Crippen molar-refractivity contribution in [2.45, 2.75) is 373 Å². The number of carbonyl (C=O) groups excluding carboxylic acids is 3. The van der Waals surface area contributed by atoms with Crippen molar-refractivity contribution in [2.75, 3.05) is 47.5 Å². The SMILES string of the molecule is CC/C=C\C/C=C\C/C=C\C/C=C\C/C=C\C/C=C\C/C=C\C/C=C\C/C=C\C/C=C\C/C=C\C/C=C\CCCCCCC(=O)OC(COC(=O)CCCCCCCCCCCCCCCCCCCCCCCCCCC/C=C\CCCCCCCCCC)COC(OCC[N+](C)(C)C)C(=O)[O-]. The molecule has 0 saturated heterocycles. The maximum atomic E-state index is 13.0. The summed E-state index contributed by atoms with van der Waals surface area (Å²) in [5.41, 5.74) is 0. The Morgan fingerprint density at radius 2 is 0.553 bits per heavy atom. The van der Waals surface area contributed by atoms with Gasteiger partial charge < -0.3 is 33.3 Å². The molecule has 0 bridgehead atoms. The van der Waals surface area contributed by atoms with Gasteiger partial charge in [0.1, 0.15) is 13.2 Å². The topological polar surface area (TPSA) is 111 Å². The maximum absolute atomic E-state index is 13.0. The molecule has 0 aromatic rings. The van der Waals surface area contributed by atoms with E-state index in [4.69, 9.17) is 18.9 Å². The summed E-state index contributed by atoms with van der Waals surface area (Å²) in [6.07, 6.45) is 120. The lowest BCUT2D eigenvalue weighted by Crippen LogP contribution is -2.44. The molecule has 9 nitrogen and oxygen atoms in total. The smallest absolute Gasteiger partial charge is 0.306 e. The van der Waals surface area contributed by atoms with E-state index in [1.54, 1.807) is 0 Å². The minimum absolute atomic E-state index is 0.136. The molecule has 0 rings (SSSR count). The van der Waals surface area contributed by atoms with Crippen LogP contribution in [0.15, 0.2) is 158 Å². The zero-order chi connectivity index (χ0) is 74.6. The van der Waals surface area contributed by atoms with Gasteiger partial charge in [0, 0.05) is 12.8 Å². The van der Waals surface area contributed by atoms with Gasteiger partial charge in [-0.3, -0.25) is 9.59 Å². The maximum Gasteiger partial charge on any atom is 0.306 e. The molecular formula is C94H159NO8. The number of aliphatic carboxylic acids is 1. The minimum atomic E-state index is -1.64. The van der Waals surface area contributed by atoms with E-state index in [2.05, 4.69) is 172 Å². The van der Waals surface area contributed by atoms with Crippen LogP contribution in [0.3, 0.4) is 0 Å². The fourth-order valence-corrected chi connectivity index (χ4v) is 11.8. The Bertz CT molecular complexity index is 2270. The van der Waals surface area contributed by atoms with E-state index in [0.717, 1.165) is 122 Å². The van der Waals surface area contributed by atoms with Crippen molar-refractivity contribution in [2.24, 2.45) is 0 Å². The summed E-state index contributed by atoms with van der Waals surface area (Å²) in [6, 6.07) is 0. The fourth-order valence-electron chi connectivity index (χ4n) is 11.8. The molecule has 0 radical (unpaired) electrons. The molecule has 103 heavy (non-hydrogen) atoms. The number of carboxylic acids is 1. The number of quaternary nitrogens is 1. The van der Waals surface area contributed by atoms with Crippen LogP contribution in [-0.2, 0) is 33.3 Å². The second-order valence-electron chi connectivity index (χ2n) is 29.4. The summed E-state index contributed by atoms with van der Waals surface area (Å²) in [5.74, 6) is -2.32. The summed E-state index contributed by atoms with van der Waals surface area (Å²) < 4.78 is 22.8. The fraction of sp³-hybridized carbons (Fsp3) is 0.691. The predicted octanol–water partition coefficient (Wildman–Crippen LogP) is 26.6. The third-order valence-electron chi connectivity index (χ3n) is 18.3. The first-order chi connectivity index (χ1) is 50.6. The molecule has 0 aromatic carbocycles. The summed E-state index contributed by atoms with van der Waals surface area (Å²) >= 11 is 0. The highest BCUT2D eigenvalue weighted by Crippen LogP contribution is 2.18. The molecule has 0 aliphatic rings. The number of carboxylic acid groups (broad SMARTS) is 1. The molecule has 0 heterocycles. The van der Waals surface area contributed by atoms with Crippen LogP contribution in [0.5, 0.6) is 0 Å². The number of nitrogens with zero attached hydrogens (tertiary/aromatic N) is 1. The highest BCUT2D eigenvalue weighted by atomic mass is 16.7. The predicted molar refractivity (Wildman–Crippen MR) is 444 cm³/mol. The molecule has 0 saturated carbocycles. The van der Waals surface area contributed by atoms with Gasteiger partial charge >= 0.3 is 11.9 Å². The quantitative estimate of drug-likeness (QED) is 0.0195. The van der Waals surface area contributed by atoms with Crippen molar-refractivity contribution in [3.63, 3.8) is 0 Å². The highest BCUT2D eigenvalue weighted by molar-refractivity contribution is 5.70. The van der Waals surface area contributed by atoms with Crippen LogP contribution < -0.4 is 5.11 Å². The second-order valence-corrected chi connectivity index (χ2v) is 29.4. The van der Waals surface area contributed by atoms with E-state index in [1.165, 1.54) is 205 Å². The molecular weight excluding hydrogens is 1270 g/mol. The van der Waals surface area contributed by atoms with E-state index < -0.39 is 24.3 Å². The third-order valence-corrected chi connectivity index (χ3v) is 18.3. The molecule has 0 N–H and O–H groups in total. The lowest BCUT2D eigenvalue weighted by Gasteiger charge is -2.26. The third kappa shape index (κ3) is 84.1. The van der Waals surface area contributed by atoms with Crippen LogP contribution in [0.4, 0.5) is 0 Å². The van der Waals surface area contributed by atoms with E-state index >= 15 is 0 Å². The average molecular weight is 1430 g/mol. The normalized spacial score (nSPS) is 13.4.